The average molecular weight is 255 g/mol. The van der Waals surface area contributed by atoms with Gasteiger partial charge in [-0.3, -0.25) is 4.72 Å². The van der Waals surface area contributed by atoms with Gasteiger partial charge in [0.2, 0.25) is 10.0 Å². The molecule has 0 aliphatic heterocycles. The van der Waals surface area contributed by atoms with Gasteiger partial charge in [-0.05, 0) is 43.4 Å². The van der Waals surface area contributed by atoms with E-state index >= 15 is 0 Å². The molecule has 1 aliphatic carbocycles. The number of sulfonamides is 1. The van der Waals surface area contributed by atoms with Gasteiger partial charge in [0, 0.05) is 5.69 Å². The smallest absolute Gasteiger partial charge is 0.232 e. The van der Waals surface area contributed by atoms with Crippen molar-refractivity contribution in [2.45, 2.75) is 25.9 Å². The van der Waals surface area contributed by atoms with E-state index in [1.165, 1.54) is 0 Å². The van der Waals surface area contributed by atoms with Gasteiger partial charge < -0.3 is 5.11 Å². The SMILES string of the molecule is CC(O)c1ccc(NS(=O)(=O)CC2CC2)cc1. The Morgan fingerprint density at radius 2 is 1.94 bits per heavy atom. The first-order valence-electron chi connectivity index (χ1n) is 5.75. The fourth-order valence-electron chi connectivity index (χ4n) is 1.65. The maximum atomic E-state index is 11.7. The third kappa shape index (κ3) is 3.71. The highest BCUT2D eigenvalue weighted by molar-refractivity contribution is 7.92. The Morgan fingerprint density at radius 3 is 2.41 bits per heavy atom. The van der Waals surface area contributed by atoms with Crippen molar-refractivity contribution in [1.29, 1.82) is 0 Å². The van der Waals surface area contributed by atoms with Crippen LogP contribution in [0.5, 0.6) is 0 Å². The summed E-state index contributed by atoms with van der Waals surface area (Å²) in [6.07, 6.45) is 1.50. The molecule has 1 aliphatic rings. The molecule has 1 fully saturated rings. The van der Waals surface area contributed by atoms with E-state index in [1.54, 1.807) is 31.2 Å². The number of aliphatic hydroxyl groups is 1. The van der Waals surface area contributed by atoms with Crippen LogP contribution in [0.4, 0.5) is 5.69 Å². The van der Waals surface area contributed by atoms with E-state index in [0.717, 1.165) is 18.4 Å². The topological polar surface area (TPSA) is 66.4 Å². The lowest BCUT2D eigenvalue weighted by molar-refractivity contribution is 0.199. The predicted octanol–water partition coefficient (Wildman–Crippen LogP) is 1.89. The zero-order valence-electron chi connectivity index (χ0n) is 9.76. The summed E-state index contributed by atoms with van der Waals surface area (Å²) < 4.78 is 26.0. The van der Waals surface area contributed by atoms with E-state index in [1.807, 2.05) is 0 Å². The Kier molecular flexibility index (Phi) is 3.40. The van der Waals surface area contributed by atoms with Gasteiger partial charge in [-0.15, -0.1) is 0 Å². The zero-order chi connectivity index (χ0) is 12.5. The van der Waals surface area contributed by atoms with Crippen LogP contribution in [-0.2, 0) is 10.0 Å². The summed E-state index contributed by atoms with van der Waals surface area (Å²) in [6.45, 7) is 1.67. The maximum absolute atomic E-state index is 11.7. The van der Waals surface area contributed by atoms with E-state index in [4.69, 9.17) is 0 Å². The fourth-order valence-corrected chi connectivity index (χ4v) is 3.18. The van der Waals surface area contributed by atoms with E-state index in [2.05, 4.69) is 4.72 Å². The largest absolute Gasteiger partial charge is 0.389 e. The van der Waals surface area contributed by atoms with Gasteiger partial charge in [-0.25, -0.2) is 8.42 Å². The molecule has 17 heavy (non-hydrogen) atoms. The molecule has 94 valence electrons. The number of benzene rings is 1. The number of rotatable bonds is 5. The summed E-state index contributed by atoms with van der Waals surface area (Å²) in [5.74, 6) is 0.551. The van der Waals surface area contributed by atoms with Crippen molar-refractivity contribution in [3.05, 3.63) is 29.8 Å². The van der Waals surface area contributed by atoms with Crippen molar-refractivity contribution < 1.29 is 13.5 Å². The summed E-state index contributed by atoms with van der Waals surface area (Å²) in [7, 11) is -3.22. The molecule has 2 rings (SSSR count). The van der Waals surface area contributed by atoms with E-state index in [-0.39, 0.29) is 5.75 Å². The molecule has 2 N–H and O–H groups in total. The van der Waals surface area contributed by atoms with Crippen LogP contribution in [0.2, 0.25) is 0 Å². The van der Waals surface area contributed by atoms with Crippen molar-refractivity contribution in [3.63, 3.8) is 0 Å². The summed E-state index contributed by atoms with van der Waals surface area (Å²) in [4.78, 5) is 0. The highest BCUT2D eigenvalue weighted by atomic mass is 32.2. The second-order valence-electron chi connectivity index (χ2n) is 4.62. The average Bonchev–Trinajstić information content (AvgIpc) is 3.00. The number of anilines is 1. The summed E-state index contributed by atoms with van der Waals surface area (Å²) in [5.41, 5.74) is 1.32. The van der Waals surface area contributed by atoms with Gasteiger partial charge in [-0.1, -0.05) is 12.1 Å². The van der Waals surface area contributed by atoms with Crippen LogP contribution in [0.1, 0.15) is 31.4 Å². The van der Waals surface area contributed by atoms with Crippen molar-refractivity contribution >= 4 is 15.7 Å². The van der Waals surface area contributed by atoms with Gasteiger partial charge in [0.15, 0.2) is 0 Å². The molecule has 1 saturated carbocycles. The Morgan fingerprint density at radius 1 is 1.35 bits per heavy atom. The molecule has 1 unspecified atom stereocenters. The minimum absolute atomic E-state index is 0.213. The summed E-state index contributed by atoms with van der Waals surface area (Å²) in [6, 6.07) is 6.79. The molecule has 1 aromatic carbocycles. The third-order valence-corrected chi connectivity index (χ3v) is 4.28. The Labute approximate surface area is 102 Å². The van der Waals surface area contributed by atoms with Crippen molar-refractivity contribution in [2.24, 2.45) is 5.92 Å². The molecule has 0 spiro atoms. The number of hydrogen-bond acceptors (Lipinski definition) is 3. The van der Waals surface area contributed by atoms with Crippen LogP contribution in [-0.4, -0.2) is 19.3 Å². The van der Waals surface area contributed by atoms with Gasteiger partial charge in [-0.2, -0.15) is 0 Å². The standard InChI is InChI=1S/C12H17NO3S/c1-9(14)11-4-6-12(7-5-11)13-17(15,16)8-10-2-3-10/h4-7,9-10,13-14H,2-3,8H2,1H3. The molecule has 0 radical (unpaired) electrons. The van der Waals surface area contributed by atoms with Crippen molar-refractivity contribution in [3.8, 4) is 0 Å². The lowest BCUT2D eigenvalue weighted by atomic mass is 10.1. The Hall–Kier alpha value is -1.07. The molecule has 0 amide bonds. The molecule has 1 atom stereocenters. The molecule has 4 nitrogen and oxygen atoms in total. The van der Waals surface area contributed by atoms with Crippen molar-refractivity contribution in [1.82, 2.24) is 0 Å². The van der Waals surface area contributed by atoms with E-state index in [0.29, 0.717) is 11.6 Å². The molecule has 1 aromatic rings. The molecule has 5 heteroatoms. The van der Waals surface area contributed by atoms with Crippen LogP contribution >= 0.6 is 0 Å². The first kappa shape index (κ1) is 12.4. The molecular formula is C12H17NO3S. The van der Waals surface area contributed by atoms with Gasteiger partial charge in [0.1, 0.15) is 0 Å². The van der Waals surface area contributed by atoms with Crippen LogP contribution in [0.3, 0.4) is 0 Å². The summed E-state index contributed by atoms with van der Waals surface area (Å²) in [5, 5.41) is 9.34. The highest BCUT2D eigenvalue weighted by Crippen LogP contribution is 2.30. The molecule has 0 aromatic heterocycles. The second kappa shape index (κ2) is 4.66. The molecular weight excluding hydrogens is 238 g/mol. The minimum Gasteiger partial charge on any atom is -0.389 e. The Balaban J connectivity index is 2.02. The van der Waals surface area contributed by atoms with Gasteiger partial charge >= 0.3 is 0 Å². The maximum Gasteiger partial charge on any atom is 0.232 e. The van der Waals surface area contributed by atoms with Crippen LogP contribution < -0.4 is 4.72 Å². The number of aliphatic hydroxyl groups excluding tert-OH is 1. The van der Waals surface area contributed by atoms with E-state index in [9.17, 15) is 13.5 Å². The Bertz CT molecular complexity index is 475. The summed E-state index contributed by atoms with van der Waals surface area (Å²) >= 11 is 0. The van der Waals surface area contributed by atoms with E-state index < -0.39 is 16.1 Å². The van der Waals surface area contributed by atoms with Crippen LogP contribution in [0, 0.1) is 5.92 Å². The number of hydrogen-bond donors (Lipinski definition) is 2. The lowest BCUT2D eigenvalue weighted by Gasteiger charge is -2.09. The zero-order valence-corrected chi connectivity index (χ0v) is 10.6. The molecule has 0 bridgehead atoms. The van der Waals surface area contributed by atoms with Gasteiger partial charge in [0.05, 0.1) is 11.9 Å². The third-order valence-electron chi connectivity index (χ3n) is 2.82. The molecule has 0 heterocycles. The minimum atomic E-state index is -3.22. The van der Waals surface area contributed by atoms with Gasteiger partial charge in [0.25, 0.3) is 0 Å². The first-order chi connectivity index (χ1) is 7.96. The quantitative estimate of drug-likeness (QED) is 0.844. The lowest BCUT2D eigenvalue weighted by Crippen LogP contribution is -2.17. The monoisotopic (exact) mass is 255 g/mol. The van der Waals surface area contributed by atoms with Crippen LogP contribution in [0.25, 0.3) is 0 Å². The fraction of sp³-hybridized carbons (Fsp3) is 0.500. The predicted molar refractivity (Wildman–Crippen MR) is 67.2 cm³/mol. The second-order valence-corrected chi connectivity index (χ2v) is 6.39. The normalized spacial score (nSPS) is 17.8. The highest BCUT2D eigenvalue weighted by Gasteiger charge is 2.27. The first-order valence-corrected chi connectivity index (χ1v) is 7.40. The number of nitrogens with one attached hydrogen (secondary N) is 1. The van der Waals surface area contributed by atoms with Crippen molar-refractivity contribution in [2.75, 3.05) is 10.5 Å². The molecule has 0 saturated heterocycles. The van der Waals surface area contributed by atoms with Crippen LogP contribution in [0.15, 0.2) is 24.3 Å².